The molecule has 62 valence electrons. The maximum Gasteiger partial charge on any atom is 0.257 e. The van der Waals surface area contributed by atoms with Gasteiger partial charge in [0.05, 0.1) is 10.9 Å². The Morgan fingerprint density at radius 1 is 1.33 bits per heavy atom. The molecular formula is C9H9NOS. The number of rotatable bonds is 0. The first-order valence-corrected chi connectivity index (χ1v) is 4.59. The molecule has 0 amide bonds. The van der Waals surface area contributed by atoms with Crippen LogP contribution in [-0.2, 0) is 0 Å². The molecule has 0 spiro atoms. The number of H-pyrrole nitrogens is 1. The van der Waals surface area contributed by atoms with Gasteiger partial charge in [-0.3, -0.25) is 4.79 Å². The van der Waals surface area contributed by atoms with Crippen LogP contribution in [0, 0.1) is 13.8 Å². The average Bonchev–Trinajstić information content (AvgIpc) is 2.41. The maximum atomic E-state index is 11.2. The molecule has 1 N–H and O–H groups in total. The van der Waals surface area contributed by atoms with Crippen LogP contribution in [-0.4, -0.2) is 4.37 Å². The van der Waals surface area contributed by atoms with E-state index in [0.29, 0.717) is 0 Å². The van der Waals surface area contributed by atoms with E-state index < -0.39 is 0 Å². The Hall–Kier alpha value is -1.09. The Labute approximate surface area is 74.0 Å². The Kier molecular flexibility index (Phi) is 1.54. The van der Waals surface area contributed by atoms with Crippen LogP contribution in [0.15, 0.2) is 16.9 Å². The van der Waals surface area contributed by atoms with Crippen molar-refractivity contribution in [1.29, 1.82) is 0 Å². The van der Waals surface area contributed by atoms with E-state index in [1.807, 2.05) is 26.0 Å². The fourth-order valence-corrected chi connectivity index (χ4v) is 2.01. The van der Waals surface area contributed by atoms with Crippen molar-refractivity contribution < 1.29 is 0 Å². The van der Waals surface area contributed by atoms with Crippen molar-refractivity contribution in [3.05, 3.63) is 32.8 Å². The maximum absolute atomic E-state index is 11.2. The summed E-state index contributed by atoms with van der Waals surface area (Å²) >= 11 is 1.16. The highest BCUT2D eigenvalue weighted by Crippen LogP contribution is 2.17. The summed E-state index contributed by atoms with van der Waals surface area (Å²) in [4.78, 5) is 11.2. The first-order valence-electron chi connectivity index (χ1n) is 3.77. The summed E-state index contributed by atoms with van der Waals surface area (Å²) in [6, 6.07) is 3.87. The van der Waals surface area contributed by atoms with Gasteiger partial charge in [0.2, 0.25) is 0 Å². The van der Waals surface area contributed by atoms with Crippen molar-refractivity contribution in [1.82, 2.24) is 4.37 Å². The molecular weight excluding hydrogens is 170 g/mol. The number of hydrogen-bond acceptors (Lipinski definition) is 2. The van der Waals surface area contributed by atoms with E-state index >= 15 is 0 Å². The van der Waals surface area contributed by atoms with Gasteiger partial charge >= 0.3 is 0 Å². The highest BCUT2D eigenvalue weighted by atomic mass is 32.1. The van der Waals surface area contributed by atoms with Gasteiger partial charge in [0.25, 0.3) is 4.74 Å². The third kappa shape index (κ3) is 0.898. The number of fused-ring (bicyclic) bond motifs is 1. The van der Waals surface area contributed by atoms with Gasteiger partial charge in [-0.1, -0.05) is 6.07 Å². The molecule has 0 unspecified atom stereocenters. The van der Waals surface area contributed by atoms with Gasteiger partial charge in [-0.2, -0.15) is 0 Å². The Morgan fingerprint density at radius 2 is 2.08 bits per heavy atom. The fraction of sp³-hybridized carbons (Fsp3) is 0.222. The molecule has 0 saturated carbocycles. The summed E-state index contributed by atoms with van der Waals surface area (Å²) in [5.74, 6) is 0. The van der Waals surface area contributed by atoms with Crippen molar-refractivity contribution >= 4 is 22.4 Å². The van der Waals surface area contributed by atoms with Crippen LogP contribution in [0.3, 0.4) is 0 Å². The second-order valence-electron chi connectivity index (χ2n) is 2.92. The van der Waals surface area contributed by atoms with Crippen molar-refractivity contribution in [2.75, 3.05) is 0 Å². The zero-order chi connectivity index (χ0) is 8.72. The fourth-order valence-electron chi connectivity index (χ4n) is 1.27. The minimum Gasteiger partial charge on any atom is -0.307 e. The van der Waals surface area contributed by atoms with E-state index in [1.165, 1.54) is 11.1 Å². The first kappa shape index (κ1) is 7.55. The largest absolute Gasteiger partial charge is 0.307 e. The van der Waals surface area contributed by atoms with E-state index in [-0.39, 0.29) is 4.74 Å². The molecule has 0 atom stereocenters. The highest BCUT2D eigenvalue weighted by Gasteiger charge is 2.04. The number of aromatic nitrogens is 1. The van der Waals surface area contributed by atoms with Crippen LogP contribution in [0.25, 0.3) is 10.9 Å². The minimum atomic E-state index is 0.119. The van der Waals surface area contributed by atoms with Crippen molar-refractivity contribution in [2.24, 2.45) is 0 Å². The molecule has 1 heterocycles. The van der Waals surface area contributed by atoms with E-state index in [0.717, 1.165) is 22.4 Å². The number of aromatic amines is 1. The summed E-state index contributed by atoms with van der Waals surface area (Å²) in [6.45, 7) is 4.07. The van der Waals surface area contributed by atoms with E-state index in [2.05, 4.69) is 4.37 Å². The standard InChI is InChI=1S/C9H9NOS/c1-5-3-4-7-8(6(5)2)10-12-9(7)11/h3-4,10H,1-2H3. The van der Waals surface area contributed by atoms with Crippen LogP contribution < -0.4 is 4.74 Å². The molecule has 0 aliphatic heterocycles. The summed E-state index contributed by atoms with van der Waals surface area (Å²) < 4.78 is 3.14. The Balaban J connectivity index is 3.02. The van der Waals surface area contributed by atoms with Crippen molar-refractivity contribution in [3.63, 3.8) is 0 Å². The predicted molar refractivity (Wildman–Crippen MR) is 51.9 cm³/mol. The van der Waals surface area contributed by atoms with Crippen molar-refractivity contribution in [3.8, 4) is 0 Å². The Bertz CT molecular complexity index is 481. The van der Waals surface area contributed by atoms with E-state index in [4.69, 9.17) is 0 Å². The van der Waals surface area contributed by atoms with E-state index in [9.17, 15) is 4.79 Å². The van der Waals surface area contributed by atoms with Gasteiger partial charge in [0.15, 0.2) is 0 Å². The molecule has 0 fully saturated rings. The lowest BCUT2D eigenvalue weighted by Crippen LogP contribution is -1.89. The molecule has 0 saturated heterocycles. The Morgan fingerprint density at radius 3 is 2.83 bits per heavy atom. The van der Waals surface area contributed by atoms with Crippen LogP contribution in [0.2, 0.25) is 0 Å². The van der Waals surface area contributed by atoms with Crippen molar-refractivity contribution in [2.45, 2.75) is 13.8 Å². The second-order valence-corrected chi connectivity index (χ2v) is 3.70. The lowest BCUT2D eigenvalue weighted by atomic mass is 10.1. The summed E-state index contributed by atoms with van der Waals surface area (Å²) in [7, 11) is 0. The lowest BCUT2D eigenvalue weighted by molar-refractivity contribution is 1.36. The molecule has 0 radical (unpaired) electrons. The molecule has 1 aromatic carbocycles. The molecule has 3 heteroatoms. The molecule has 1 aromatic heterocycles. The highest BCUT2D eigenvalue weighted by molar-refractivity contribution is 7.04. The van der Waals surface area contributed by atoms with Crippen LogP contribution in [0.5, 0.6) is 0 Å². The van der Waals surface area contributed by atoms with E-state index in [1.54, 1.807) is 0 Å². The molecule has 2 rings (SSSR count). The average molecular weight is 179 g/mol. The normalized spacial score (nSPS) is 10.8. The quantitative estimate of drug-likeness (QED) is 0.660. The van der Waals surface area contributed by atoms with Crippen LogP contribution in [0.4, 0.5) is 0 Å². The number of aryl methyl sites for hydroxylation is 2. The summed E-state index contributed by atoms with van der Waals surface area (Å²) in [5, 5.41) is 0.808. The third-order valence-electron chi connectivity index (χ3n) is 2.20. The molecule has 0 aliphatic rings. The van der Waals surface area contributed by atoms with Gasteiger partial charge < -0.3 is 4.37 Å². The zero-order valence-electron chi connectivity index (χ0n) is 6.97. The predicted octanol–water partition coefficient (Wildman–Crippen LogP) is 2.21. The van der Waals surface area contributed by atoms with Gasteiger partial charge in [0.1, 0.15) is 0 Å². The van der Waals surface area contributed by atoms with Gasteiger partial charge in [-0.05, 0) is 42.6 Å². The first-order chi connectivity index (χ1) is 5.70. The van der Waals surface area contributed by atoms with Crippen LogP contribution >= 0.6 is 11.5 Å². The molecule has 2 aromatic rings. The topological polar surface area (TPSA) is 32.9 Å². The summed E-state index contributed by atoms with van der Waals surface area (Å²) in [6.07, 6.45) is 0. The monoisotopic (exact) mass is 179 g/mol. The zero-order valence-corrected chi connectivity index (χ0v) is 7.79. The second kappa shape index (κ2) is 2.45. The molecule has 0 bridgehead atoms. The minimum absolute atomic E-state index is 0.119. The lowest BCUT2D eigenvalue weighted by Gasteiger charge is -1.98. The third-order valence-corrected chi connectivity index (χ3v) is 2.91. The molecule has 0 aliphatic carbocycles. The molecule has 2 nitrogen and oxygen atoms in total. The number of benzene rings is 1. The number of nitrogens with one attached hydrogen (secondary N) is 1. The number of hydrogen-bond donors (Lipinski definition) is 1. The molecule has 12 heavy (non-hydrogen) atoms. The smallest absolute Gasteiger partial charge is 0.257 e. The van der Waals surface area contributed by atoms with Crippen LogP contribution in [0.1, 0.15) is 11.1 Å². The van der Waals surface area contributed by atoms with Gasteiger partial charge in [-0.25, -0.2) is 0 Å². The van der Waals surface area contributed by atoms with Gasteiger partial charge in [-0.15, -0.1) is 0 Å². The summed E-state index contributed by atoms with van der Waals surface area (Å²) in [5.41, 5.74) is 3.38. The van der Waals surface area contributed by atoms with Gasteiger partial charge in [0, 0.05) is 0 Å². The SMILES string of the molecule is Cc1ccc2c(=O)s[nH]c2c1C.